The van der Waals surface area contributed by atoms with Gasteiger partial charge in [0.25, 0.3) is 0 Å². The molecule has 0 heterocycles. The van der Waals surface area contributed by atoms with Crippen LogP contribution in [0.5, 0.6) is 0 Å². The molecular weight excluding hydrogens is 144 g/mol. The summed E-state index contributed by atoms with van der Waals surface area (Å²) in [5.41, 5.74) is 0. The number of hydrogen-bond donors (Lipinski definition) is 2. The molecule has 0 aromatic rings. The van der Waals surface area contributed by atoms with Gasteiger partial charge in [-0.1, -0.05) is 13.8 Å². The highest BCUT2D eigenvalue weighted by Gasteiger charge is 1.87. The molecule has 64 valence electrons. The highest BCUT2D eigenvalue weighted by Crippen LogP contribution is 1.98. The summed E-state index contributed by atoms with van der Waals surface area (Å²) in [6.07, 6.45) is 3.46. The minimum Gasteiger partial charge on any atom is -0.509 e. The van der Waals surface area contributed by atoms with E-state index in [0.29, 0.717) is 12.8 Å². The molecule has 2 N–H and O–H groups in total. The Labute approximate surface area is 66.6 Å². The van der Waals surface area contributed by atoms with Gasteiger partial charge in [-0.3, -0.25) is 0 Å². The van der Waals surface area contributed by atoms with Crippen molar-refractivity contribution in [2.24, 2.45) is 0 Å². The summed E-state index contributed by atoms with van der Waals surface area (Å²) in [4.78, 5) is 0. The summed E-state index contributed by atoms with van der Waals surface area (Å²) < 4.78 is 4.71. The molecular formula is C8H14O3. The molecule has 3 heteroatoms. The van der Waals surface area contributed by atoms with Crippen molar-refractivity contribution in [1.29, 1.82) is 0 Å². The van der Waals surface area contributed by atoms with Crippen LogP contribution in [0.25, 0.3) is 0 Å². The third kappa shape index (κ3) is 5.33. The predicted molar refractivity (Wildman–Crippen MR) is 43.1 cm³/mol. The standard InChI is InChI=1S/C8H14O3/c1-3-7(9)5-11-6-8(10)4-2/h5-6,9-10H,3-4H2,1-2H3/b7-5-,8-6+. The molecule has 0 spiro atoms. The molecule has 0 rings (SSSR count). The fourth-order valence-electron chi connectivity index (χ4n) is 0.358. The van der Waals surface area contributed by atoms with Gasteiger partial charge in [-0.2, -0.15) is 0 Å². The van der Waals surface area contributed by atoms with E-state index in [0.717, 1.165) is 0 Å². The highest BCUT2D eigenvalue weighted by molar-refractivity contribution is 4.88. The van der Waals surface area contributed by atoms with Crippen LogP contribution in [0, 0.1) is 0 Å². The van der Waals surface area contributed by atoms with Crippen molar-refractivity contribution in [3.05, 3.63) is 24.0 Å². The first kappa shape index (κ1) is 9.88. The highest BCUT2D eigenvalue weighted by atomic mass is 16.5. The lowest BCUT2D eigenvalue weighted by Gasteiger charge is -1.95. The van der Waals surface area contributed by atoms with Crippen molar-refractivity contribution in [2.75, 3.05) is 0 Å². The van der Waals surface area contributed by atoms with Crippen LogP contribution in [0.1, 0.15) is 26.7 Å². The van der Waals surface area contributed by atoms with Crippen LogP contribution >= 0.6 is 0 Å². The van der Waals surface area contributed by atoms with E-state index in [1.165, 1.54) is 12.5 Å². The van der Waals surface area contributed by atoms with Crippen LogP contribution in [-0.2, 0) is 4.74 Å². The topological polar surface area (TPSA) is 49.7 Å². The minimum atomic E-state index is 0.158. The van der Waals surface area contributed by atoms with E-state index < -0.39 is 0 Å². The Hall–Kier alpha value is -1.12. The zero-order valence-corrected chi connectivity index (χ0v) is 6.87. The number of ether oxygens (including phenoxy) is 1. The number of aliphatic hydroxyl groups excluding tert-OH is 2. The first-order chi connectivity index (χ1) is 5.20. The third-order valence-electron chi connectivity index (χ3n) is 1.13. The number of aliphatic hydroxyl groups is 2. The Kier molecular flexibility index (Phi) is 5.07. The maximum Gasteiger partial charge on any atom is 0.128 e. The van der Waals surface area contributed by atoms with Gasteiger partial charge in [0.15, 0.2) is 0 Å². The summed E-state index contributed by atoms with van der Waals surface area (Å²) in [6, 6.07) is 0. The van der Waals surface area contributed by atoms with E-state index in [2.05, 4.69) is 0 Å². The molecule has 0 aromatic heterocycles. The lowest BCUT2D eigenvalue weighted by molar-refractivity contribution is 0.299. The van der Waals surface area contributed by atoms with E-state index in [9.17, 15) is 0 Å². The second-order valence-electron chi connectivity index (χ2n) is 2.06. The van der Waals surface area contributed by atoms with Crippen LogP contribution in [0.15, 0.2) is 24.0 Å². The number of hydrogen-bond acceptors (Lipinski definition) is 3. The van der Waals surface area contributed by atoms with Crippen molar-refractivity contribution >= 4 is 0 Å². The molecule has 0 unspecified atom stereocenters. The molecule has 0 aliphatic rings. The normalized spacial score (nSPS) is 13.3. The Morgan fingerprint density at radius 3 is 1.73 bits per heavy atom. The molecule has 0 fully saturated rings. The average molecular weight is 158 g/mol. The average Bonchev–Trinajstić information content (AvgIpc) is 2.04. The van der Waals surface area contributed by atoms with Crippen LogP contribution < -0.4 is 0 Å². The van der Waals surface area contributed by atoms with Gasteiger partial charge < -0.3 is 14.9 Å². The van der Waals surface area contributed by atoms with Gasteiger partial charge in [0, 0.05) is 12.8 Å². The van der Waals surface area contributed by atoms with Gasteiger partial charge in [0.1, 0.15) is 24.0 Å². The molecule has 0 saturated heterocycles. The molecule has 0 amide bonds. The van der Waals surface area contributed by atoms with Gasteiger partial charge in [-0.25, -0.2) is 0 Å². The van der Waals surface area contributed by atoms with Crippen molar-refractivity contribution < 1.29 is 14.9 Å². The van der Waals surface area contributed by atoms with E-state index >= 15 is 0 Å². The third-order valence-corrected chi connectivity index (χ3v) is 1.13. The predicted octanol–water partition coefficient (Wildman–Crippen LogP) is 2.62. The molecule has 0 radical (unpaired) electrons. The fourth-order valence-corrected chi connectivity index (χ4v) is 0.358. The van der Waals surface area contributed by atoms with E-state index in [1.807, 2.05) is 0 Å². The van der Waals surface area contributed by atoms with Crippen molar-refractivity contribution in [3.63, 3.8) is 0 Å². The first-order valence-corrected chi connectivity index (χ1v) is 3.62. The molecule has 3 nitrogen and oxygen atoms in total. The Bertz CT molecular complexity index is 141. The minimum absolute atomic E-state index is 0.158. The monoisotopic (exact) mass is 158 g/mol. The Morgan fingerprint density at radius 2 is 1.45 bits per heavy atom. The van der Waals surface area contributed by atoms with Crippen LogP contribution in [0.3, 0.4) is 0 Å². The molecule has 0 aromatic carbocycles. The molecule has 0 saturated carbocycles. The molecule has 0 atom stereocenters. The lowest BCUT2D eigenvalue weighted by atomic mass is 10.4. The molecule has 0 aliphatic heterocycles. The molecule has 11 heavy (non-hydrogen) atoms. The van der Waals surface area contributed by atoms with Gasteiger partial charge in [0.05, 0.1) is 0 Å². The first-order valence-electron chi connectivity index (χ1n) is 3.62. The van der Waals surface area contributed by atoms with Gasteiger partial charge in [-0.05, 0) is 0 Å². The summed E-state index contributed by atoms with van der Waals surface area (Å²) in [6.45, 7) is 3.61. The van der Waals surface area contributed by atoms with Crippen LogP contribution in [0.2, 0.25) is 0 Å². The van der Waals surface area contributed by atoms with Crippen LogP contribution in [0.4, 0.5) is 0 Å². The maximum atomic E-state index is 8.87. The Morgan fingerprint density at radius 1 is 1.09 bits per heavy atom. The second-order valence-corrected chi connectivity index (χ2v) is 2.06. The van der Waals surface area contributed by atoms with Crippen molar-refractivity contribution in [2.45, 2.75) is 26.7 Å². The van der Waals surface area contributed by atoms with Gasteiger partial charge in [0.2, 0.25) is 0 Å². The van der Waals surface area contributed by atoms with Crippen LogP contribution in [-0.4, -0.2) is 10.2 Å². The maximum absolute atomic E-state index is 8.87. The Balaban J connectivity index is 3.71. The van der Waals surface area contributed by atoms with Gasteiger partial charge in [-0.15, -0.1) is 0 Å². The van der Waals surface area contributed by atoms with Crippen molar-refractivity contribution in [1.82, 2.24) is 0 Å². The summed E-state index contributed by atoms with van der Waals surface area (Å²) in [5.74, 6) is 0.315. The van der Waals surface area contributed by atoms with E-state index in [-0.39, 0.29) is 11.5 Å². The number of rotatable bonds is 4. The second kappa shape index (κ2) is 5.65. The largest absolute Gasteiger partial charge is 0.509 e. The summed E-state index contributed by atoms with van der Waals surface area (Å²) in [5, 5.41) is 17.7. The molecule has 0 aliphatic carbocycles. The van der Waals surface area contributed by atoms with E-state index in [1.54, 1.807) is 13.8 Å². The van der Waals surface area contributed by atoms with Crippen molar-refractivity contribution in [3.8, 4) is 0 Å². The zero-order chi connectivity index (χ0) is 8.69. The summed E-state index contributed by atoms with van der Waals surface area (Å²) in [7, 11) is 0. The quantitative estimate of drug-likeness (QED) is 0.618. The smallest absolute Gasteiger partial charge is 0.128 e. The van der Waals surface area contributed by atoms with E-state index in [4.69, 9.17) is 14.9 Å². The van der Waals surface area contributed by atoms with Gasteiger partial charge >= 0.3 is 0 Å². The number of allylic oxidation sites excluding steroid dienone is 2. The summed E-state index contributed by atoms with van der Waals surface area (Å²) >= 11 is 0. The molecule has 0 bridgehead atoms. The lowest BCUT2D eigenvalue weighted by Crippen LogP contribution is -1.81. The SMILES string of the molecule is CC/C(O)=C/O/C=C(/O)CC. The zero-order valence-electron chi connectivity index (χ0n) is 6.87. The fraction of sp³-hybridized carbons (Fsp3) is 0.500.